The molecule has 21 heavy (non-hydrogen) atoms. The molecule has 0 radical (unpaired) electrons. The second kappa shape index (κ2) is 5.84. The highest BCUT2D eigenvalue weighted by molar-refractivity contribution is 6.35. The van der Waals surface area contributed by atoms with Crippen molar-refractivity contribution in [1.29, 1.82) is 0 Å². The zero-order chi connectivity index (χ0) is 14.8. The summed E-state index contributed by atoms with van der Waals surface area (Å²) in [6.07, 6.45) is 5.46. The number of aromatic nitrogens is 3. The maximum atomic E-state index is 10.7. The topological polar surface area (TPSA) is 50.9 Å². The first-order valence-electron chi connectivity index (χ1n) is 6.94. The van der Waals surface area contributed by atoms with Gasteiger partial charge in [-0.05, 0) is 24.6 Å². The van der Waals surface area contributed by atoms with Gasteiger partial charge in [-0.3, -0.25) is 4.98 Å². The summed E-state index contributed by atoms with van der Waals surface area (Å²) in [7, 11) is 0. The predicted octanol–water partition coefficient (Wildman–Crippen LogP) is 3.58. The molecule has 3 aromatic rings. The van der Waals surface area contributed by atoms with Gasteiger partial charge in [0.25, 0.3) is 0 Å². The van der Waals surface area contributed by atoms with E-state index in [-0.39, 0.29) is 0 Å². The molecule has 1 atom stereocenters. The van der Waals surface area contributed by atoms with E-state index in [0.717, 1.165) is 23.9 Å². The highest BCUT2D eigenvalue weighted by Crippen LogP contribution is 2.31. The standard InChI is InChI=1S/C16H16ClN3O/c1-2-9-20-10-8-19-16(20)15(21)12-5-6-13(17)11-4-3-7-18-14(11)12/h3-8,10,15,21H,2,9H2,1H3. The number of hydrogen-bond donors (Lipinski definition) is 1. The average molecular weight is 302 g/mol. The van der Waals surface area contributed by atoms with Crippen LogP contribution in [0.1, 0.15) is 30.8 Å². The Morgan fingerprint density at radius 1 is 1.24 bits per heavy atom. The van der Waals surface area contributed by atoms with Crippen molar-refractivity contribution in [2.45, 2.75) is 26.0 Å². The normalized spacial score (nSPS) is 12.7. The molecule has 0 aliphatic heterocycles. The molecule has 1 unspecified atom stereocenters. The van der Waals surface area contributed by atoms with Crippen LogP contribution in [0.15, 0.2) is 42.9 Å². The van der Waals surface area contributed by atoms with E-state index in [1.54, 1.807) is 18.5 Å². The average Bonchev–Trinajstić information content (AvgIpc) is 2.96. The molecule has 0 saturated carbocycles. The van der Waals surface area contributed by atoms with Crippen LogP contribution in [0.5, 0.6) is 0 Å². The second-order valence-corrected chi connectivity index (χ2v) is 5.32. The Hall–Kier alpha value is -1.91. The van der Waals surface area contributed by atoms with Gasteiger partial charge in [-0.25, -0.2) is 4.98 Å². The van der Waals surface area contributed by atoms with Crippen molar-refractivity contribution in [3.63, 3.8) is 0 Å². The number of rotatable bonds is 4. The summed E-state index contributed by atoms with van der Waals surface area (Å²) < 4.78 is 1.97. The van der Waals surface area contributed by atoms with Gasteiger partial charge in [0.1, 0.15) is 11.9 Å². The number of benzene rings is 1. The van der Waals surface area contributed by atoms with Crippen LogP contribution < -0.4 is 0 Å². The maximum Gasteiger partial charge on any atom is 0.142 e. The van der Waals surface area contributed by atoms with Gasteiger partial charge in [-0.15, -0.1) is 0 Å². The molecule has 1 N–H and O–H groups in total. The molecule has 0 aliphatic rings. The molecular weight excluding hydrogens is 286 g/mol. The third kappa shape index (κ3) is 2.52. The minimum atomic E-state index is -0.818. The van der Waals surface area contributed by atoms with Crippen LogP contribution in [0.3, 0.4) is 0 Å². The fourth-order valence-corrected chi connectivity index (χ4v) is 2.73. The van der Waals surface area contributed by atoms with E-state index in [1.807, 2.05) is 29.0 Å². The molecule has 2 aromatic heterocycles. The van der Waals surface area contributed by atoms with E-state index in [9.17, 15) is 5.11 Å². The van der Waals surface area contributed by atoms with Crippen LogP contribution in [0.25, 0.3) is 10.9 Å². The molecule has 3 rings (SSSR count). The Morgan fingerprint density at radius 2 is 2.10 bits per heavy atom. The van der Waals surface area contributed by atoms with Gasteiger partial charge in [-0.2, -0.15) is 0 Å². The fourth-order valence-electron chi connectivity index (χ4n) is 2.52. The molecule has 0 aliphatic carbocycles. The van der Waals surface area contributed by atoms with Crippen LogP contribution in [-0.4, -0.2) is 19.6 Å². The number of nitrogens with zero attached hydrogens (tertiary/aromatic N) is 3. The maximum absolute atomic E-state index is 10.7. The minimum absolute atomic E-state index is 0.631. The third-order valence-electron chi connectivity index (χ3n) is 3.50. The summed E-state index contributed by atoms with van der Waals surface area (Å²) in [6, 6.07) is 7.34. The molecule has 0 fully saturated rings. The molecule has 108 valence electrons. The van der Waals surface area contributed by atoms with Gasteiger partial charge in [0.2, 0.25) is 0 Å². The number of hydrogen-bond acceptors (Lipinski definition) is 3. The Balaban J connectivity index is 2.12. The summed E-state index contributed by atoms with van der Waals surface area (Å²) in [4.78, 5) is 8.66. The first-order chi connectivity index (χ1) is 10.2. The molecule has 0 amide bonds. The summed E-state index contributed by atoms with van der Waals surface area (Å²) in [5.74, 6) is 0.631. The van der Waals surface area contributed by atoms with E-state index >= 15 is 0 Å². The molecular formula is C16H16ClN3O. The van der Waals surface area contributed by atoms with E-state index < -0.39 is 6.10 Å². The van der Waals surface area contributed by atoms with Gasteiger partial charge in [-0.1, -0.05) is 24.6 Å². The quantitative estimate of drug-likeness (QED) is 0.801. The molecule has 5 heteroatoms. The first-order valence-corrected chi connectivity index (χ1v) is 7.32. The predicted molar refractivity (Wildman–Crippen MR) is 83.3 cm³/mol. The first kappa shape index (κ1) is 14.0. The van der Waals surface area contributed by atoms with Crippen molar-refractivity contribution in [3.8, 4) is 0 Å². The molecule has 4 nitrogen and oxygen atoms in total. The lowest BCUT2D eigenvalue weighted by molar-refractivity contribution is 0.205. The zero-order valence-electron chi connectivity index (χ0n) is 11.7. The van der Waals surface area contributed by atoms with Crippen molar-refractivity contribution in [1.82, 2.24) is 14.5 Å². The molecule has 0 spiro atoms. The van der Waals surface area contributed by atoms with Crippen LogP contribution in [0.2, 0.25) is 5.02 Å². The Labute approximate surface area is 128 Å². The highest BCUT2D eigenvalue weighted by Gasteiger charge is 2.19. The van der Waals surface area contributed by atoms with Crippen molar-refractivity contribution >= 4 is 22.5 Å². The number of imidazole rings is 1. The summed E-state index contributed by atoms with van der Waals surface area (Å²) in [5, 5.41) is 12.2. The Bertz CT molecular complexity index is 769. The summed E-state index contributed by atoms with van der Waals surface area (Å²) in [6.45, 7) is 2.92. The molecule has 0 saturated heterocycles. The van der Waals surface area contributed by atoms with Crippen molar-refractivity contribution in [2.75, 3.05) is 0 Å². The van der Waals surface area contributed by atoms with Gasteiger partial charge in [0.05, 0.1) is 5.52 Å². The van der Waals surface area contributed by atoms with Gasteiger partial charge < -0.3 is 9.67 Å². The third-order valence-corrected chi connectivity index (χ3v) is 3.83. The lowest BCUT2D eigenvalue weighted by Gasteiger charge is -2.15. The van der Waals surface area contributed by atoms with Crippen molar-refractivity contribution < 1.29 is 5.11 Å². The van der Waals surface area contributed by atoms with Crippen LogP contribution in [0.4, 0.5) is 0 Å². The summed E-state index contributed by atoms with van der Waals surface area (Å²) in [5.41, 5.74) is 1.43. The number of fused-ring (bicyclic) bond motifs is 1. The largest absolute Gasteiger partial charge is 0.380 e. The zero-order valence-corrected chi connectivity index (χ0v) is 12.5. The van der Waals surface area contributed by atoms with E-state index in [0.29, 0.717) is 16.4 Å². The van der Waals surface area contributed by atoms with Crippen LogP contribution in [0, 0.1) is 0 Å². The molecule has 1 aromatic carbocycles. The fraction of sp³-hybridized carbons (Fsp3) is 0.250. The number of aliphatic hydroxyl groups is 1. The Morgan fingerprint density at radius 3 is 2.90 bits per heavy atom. The van der Waals surface area contributed by atoms with Gasteiger partial charge in [0, 0.05) is 41.1 Å². The minimum Gasteiger partial charge on any atom is -0.380 e. The van der Waals surface area contributed by atoms with Gasteiger partial charge in [0.15, 0.2) is 0 Å². The van der Waals surface area contributed by atoms with Crippen LogP contribution in [-0.2, 0) is 6.54 Å². The smallest absolute Gasteiger partial charge is 0.142 e. The molecule has 2 heterocycles. The van der Waals surface area contributed by atoms with E-state index in [1.165, 1.54) is 0 Å². The highest BCUT2D eigenvalue weighted by atomic mass is 35.5. The number of pyridine rings is 1. The number of aliphatic hydroxyl groups excluding tert-OH is 1. The van der Waals surface area contributed by atoms with E-state index in [2.05, 4.69) is 16.9 Å². The second-order valence-electron chi connectivity index (χ2n) is 4.92. The molecule has 0 bridgehead atoms. The number of aryl methyl sites for hydroxylation is 1. The number of halogens is 1. The van der Waals surface area contributed by atoms with Crippen molar-refractivity contribution in [2.24, 2.45) is 0 Å². The lowest BCUT2D eigenvalue weighted by Crippen LogP contribution is -2.10. The van der Waals surface area contributed by atoms with Gasteiger partial charge >= 0.3 is 0 Å². The monoisotopic (exact) mass is 301 g/mol. The SMILES string of the molecule is CCCn1ccnc1C(O)c1ccc(Cl)c2cccnc12. The van der Waals surface area contributed by atoms with Crippen molar-refractivity contribution in [3.05, 3.63) is 59.3 Å². The Kier molecular flexibility index (Phi) is 3.90. The summed E-state index contributed by atoms with van der Waals surface area (Å²) >= 11 is 6.20. The van der Waals surface area contributed by atoms with Crippen LogP contribution >= 0.6 is 11.6 Å². The van der Waals surface area contributed by atoms with E-state index in [4.69, 9.17) is 11.6 Å². The lowest BCUT2D eigenvalue weighted by atomic mass is 10.0.